The fourth-order valence-electron chi connectivity index (χ4n) is 6.62. The Morgan fingerprint density at radius 2 is 1.25 bits per heavy atom. The minimum atomic E-state index is -1.51. The number of phenols is 1. The predicted octanol–water partition coefficient (Wildman–Crippen LogP) is 11.0. The molecule has 0 saturated heterocycles. The average Bonchev–Trinajstić information content (AvgIpc) is 3.11. The normalized spacial score (nSPS) is 15.6. The van der Waals surface area contributed by atoms with Gasteiger partial charge in [0.15, 0.2) is 5.78 Å². The topological polar surface area (TPSA) is 65.0 Å². The van der Waals surface area contributed by atoms with Crippen LogP contribution in [0.3, 0.4) is 0 Å². The van der Waals surface area contributed by atoms with Crippen molar-refractivity contribution in [3.8, 4) is 11.5 Å². The second kappa shape index (κ2) is 14.6. The Morgan fingerprint density at radius 3 is 1.80 bits per heavy atom. The molecule has 0 aromatic heterocycles. The number of carbonyl (C=O) groups excluding carboxylic acids is 1. The lowest BCUT2D eigenvalue weighted by Crippen LogP contribution is -2.25. The van der Waals surface area contributed by atoms with Crippen LogP contribution >= 0.6 is 8.38 Å². The fraction of sp³-hybridized carbons (Fsp3) is 0.578. The molecule has 1 aliphatic rings. The van der Waals surface area contributed by atoms with Gasteiger partial charge in [0, 0.05) is 23.7 Å². The summed E-state index contributed by atoms with van der Waals surface area (Å²) in [6.07, 6.45) is 1.03. The van der Waals surface area contributed by atoms with Crippen molar-refractivity contribution >= 4 is 19.5 Å². The van der Waals surface area contributed by atoms with E-state index in [-0.39, 0.29) is 52.5 Å². The molecular weight excluding hydrogens is 651 g/mol. The van der Waals surface area contributed by atoms with Crippen LogP contribution in [0.5, 0.6) is 11.5 Å². The molecule has 1 unspecified atom stereocenters. The smallest absolute Gasteiger partial charge is 0.265 e. The largest absolute Gasteiger partial charge is 0.507 e. The second-order valence-electron chi connectivity index (χ2n) is 19.7. The number of ketones is 1. The summed E-state index contributed by atoms with van der Waals surface area (Å²) < 4.78 is 19.7. The van der Waals surface area contributed by atoms with Gasteiger partial charge in [-0.1, -0.05) is 134 Å². The van der Waals surface area contributed by atoms with E-state index in [2.05, 4.69) is 128 Å². The van der Waals surface area contributed by atoms with Crippen molar-refractivity contribution < 1.29 is 23.7 Å². The van der Waals surface area contributed by atoms with E-state index in [1.807, 2.05) is 19.1 Å². The maximum atomic E-state index is 13.0. The van der Waals surface area contributed by atoms with E-state index < -0.39 is 8.38 Å². The molecule has 1 N–H and O–H groups in total. The first-order valence-electron chi connectivity index (χ1n) is 18.6. The van der Waals surface area contributed by atoms with Gasteiger partial charge in [0.25, 0.3) is 8.38 Å². The second-order valence-corrected chi connectivity index (χ2v) is 21.2. The van der Waals surface area contributed by atoms with Crippen molar-refractivity contribution in [2.24, 2.45) is 0 Å². The summed E-state index contributed by atoms with van der Waals surface area (Å²) in [6.45, 7) is 35.9. The van der Waals surface area contributed by atoms with Crippen LogP contribution in [0.1, 0.15) is 154 Å². The van der Waals surface area contributed by atoms with Crippen LogP contribution in [0.15, 0.2) is 36.4 Å². The number of rotatable bonds is 8. The van der Waals surface area contributed by atoms with Gasteiger partial charge < -0.3 is 18.9 Å². The van der Waals surface area contributed by atoms with Crippen LogP contribution < -0.4 is 9.83 Å². The molecule has 280 valence electrons. The number of Topliss-reactive ketones (excluding diaryl/α,β-unsaturated/α-hetero) is 1. The molecule has 0 radical (unpaired) electrons. The van der Waals surface area contributed by atoms with Gasteiger partial charge in [0.2, 0.25) is 0 Å². The first kappa shape index (κ1) is 41.0. The van der Waals surface area contributed by atoms with Crippen molar-refractivity contribution in [3.63, 3.8) is 0 Å². The van der Waals surface area contributed by atoms with Crippen LogP contribution in [-0.2, 0) is 54.0 Å². The molecule has 1 heterocycles. The van der Waals surface area contributed by atoms with Gasteiger partial charge in [0.05, 0.1) is 13.2 Å². The molecule has 0 amide bonds. The van der Waals surface area contributed by atoms with E-state index in [0.29, 0.717) is 12.4 Å². The summed E-state index contributed by atoms with van der Waals surface area (Å²) in [6, 6.07) is 13.2. The molecule has 6 heteroatoms. The van der Waals surface area contributed by atoms with Gasteiger partial charge in [-0.3, -0.25) is 4.79 Å². The predicted molar refractivity (Wildman–Crippen MR) is 215 cm³/mol. The molecule has 4 rings (SSSR count). The van der Waals surface area contributed by atoms with Gasteiger partial charge in [-0.05, 0) is 84.6 Å². The van der Waals surface area contributed by atoms with E-state index in [0.717, 1.165) is 34.2 Å². The molecule has 0 saturated carbocycles. The average molecular weight is 717 g/mol. The molecule has 5 nitrogen and oxygen atoms in total. The molecule has 3 aromatic rings. The summed E-state index contributed by atoms with van der Waals surface area (Å²) in [5.41, 5.74) is 9.59. The van der Waals surface area contributed by atoms with Crippen molar-refractivity contribution in [2.75, 3.05) is 19.8 Å². The van der Waals surface area contributed by atoms with Gasteiger partial charge in [-0.25, -0.2) is 0 Å². The molecule has 0 spiro atoms. The van der Waals surface area contributed by atoms with Crippen molar-refractivity contribution in [3.05, 3.63) is 86.5 Å². The zero-order chi connectivity index (χ0) is 38.5. The highest BCUT2D eigenvalue weighted by Gasteiger charge is 2.36. The summed E-state index contributed by atoms with van der Waals surface area (Å²) in [5.74, 6) is 1.22. The Hall–Kier alpha value is -2.72. The third-order valence-corrected chi connectivity index (χ3v) is 11.3. The Morgan fingerprint density at radius 1 is 0.706 bits per heavy atom. The van der Waals surface area contributed by atoms with Crippen LogP contribution in [0.25, 0.3) is 0 Å². The number of aromatic hydroxyl groups is 1. The minimum Gasteiger partial charge on any atom is -0.507 e. The van der Waals surface area contributed by atoms with Crippen molar-refractivity contribution in [1.82, 2.24) is 0 Å². The Bertz CT molecular complexity index is 1750. The highest BCUT2D eigenvalue weighted by molar-refractivity contribution is 7.56. The van der Waals surface area contributed by atoms with E-state index >= 15 is 0 Å². The van der Waals surface area contributed by atoms with Crippen molar-refractivity contribution in [2.45, 2.75) is 151 Å². The van der Waals surface area contributed by atoms with Gasteiger partial charge in [0.1, 0.15) is 18.1 Å². The van der Waals surface area contributed by atoms with Crippen LogP contribution in [0.2, 0.25) is 0 Å². The van der Waals surface area contributed by atoms with Gasteiger partial charge in [-0.2, -0.15) is 0 Å². The van der Waals surface area contributed by atoms with Gasteiger partial charge >= 0.3 is 0 Å². The molecular formula is C45H65O5P. The standard InChI is InChI=1S/C45H65O5P/c1-28-19-29(21-36(39(28)47)44(11,12)13)20-33(46)27-48-17-18-49-51-38-26-32(42(5,6)7)24-35(43(8,9)10)34(38)23-30-22-31(41(2,3)4)25-37(40(30)50-51)45(14,15)16/h19,21-22,24-26,47H,17-18,20,23,27H2,1-16H3. The maximum Gasteiger partial charge on any atom is 0.265 e. The highest BCUT2D eigenvalue weighted by Crippen LogP contribution is 2.51. The van der Waals surface area contributed by atoms with E-state index in [9.17, 15) is 9.90 Å². The number of ether oxygens (including phenoxy) is 1. The van der Waals surface area contributed by atoms with E-state index in [4.69, 9.17) is 13.8 Å². The molecule has 0 fully saturated rings. The summed E-state index contributed by atoms with van der Waals surface area (Å²) in [5, 5.41) is 11.7. The summed E-state index contributed by atoms with van der Waals surface area (Å²) in [7, 11) is -1.51. The van der Waals surface area contributed by atoms with E-state index in [1.54, 1.807) is 0 Å². The first-order chi connectivity index (χ1) is 23.2. The lowest BCUT2D eigenvalue weighted by atomic mass is 9.75. The Kier molecular flexibility index (Phi) is 11.8. The van der Waals surface area contributed by atoms with Gasteiger partial charge in [-0.15, -0.1) is 0 Å². The van der Waals surface area contributed by atoms with Crippen LogP contribution in [0, 0.1) is 6.92 Å². The summed E-state index contributed by atoms with van der Waals surface area (Å²) in [4.78, 5) is 13.0. The Labute approximate surface area is 310 Å². The van der Waals surface area contributed by atoms with E-state index in [1.165, 1.54) is 33.4 Å². The van der Waals surface area contributed by atoms with Crippen LogP contribution in [-0.4, -0.2) is 30.7 Å². The molecule has 3 aromatic carbocycles. The zero-order valence-electron chi connectivity index (χ0n) is 34.5. The van der Waals surface area contributed by atoms with Crippen molar-refractivity contribution in [1.29, 1.82) is 0 Å². The number of aryl methyl sites for hydroxylation is 1. The number of benzene rings is 3. The minimum absolute atomic E-state index is 0.00155. The lowest BCUT2D eigenvalue weighted by molar-refractivity contribution is -0.123. The fourth-order valence-corrected chi connectivity index (χ4v) is 8.19. The number of hydrogen-bond donors (Lipinski definition) is 1. The number of hydrogen-bond acceptors (Lipinski definition) is 5. The third-order valence-electron chi connectivity index (χ3n) is 9.75. The molecule has 1 aliphatic heterocycles. The third kappa shape index (κ3) is 9.83. The lowest BCUT2D eigenvalue weighted by Gasteiger charge is -2.30. The monoisotopic (exact) mass is 716 g/mol. The quantitative estimate of drug-likeness (QED) is 0.186. The van der Waals surface area contributed by atoms with Crippen LogP contribution in [0.4, 0.5) is 0 Å². The molecule has 0 aliphatic carbocycles. The molecule has 51 heavy (non-hydrogen) atoms. The first-order valence-corrected chi connectivity index (χ1v) is 19.7. The Balaban J connectivity index is 1.65. The SMILES string of the molecule is Cc1cc(CC(=O)COCCOP2Oc3c(cc(C(C)(C)C)cc3C(C)(C)C)Cc3c2cc(C(C)(C)C)cc3C(C)(C)C)cc(C(C)(C)C)c1O. The molecule has 0 bridgehead atoms. The molecule has 1 atom stereocenters. The summed E-state index contributed by atoms with van der Waals surface area (Å²) >= 11 is 0. The number of fused-ring (bicyclic) bond motifs is 2. The maximum absolute atomic E-state index is 13.0. The number of phenolic OH excluding ortho intramolecular Hbond substituents is 1. The zero-order valence-corrected chi connectivity index (χ0v) is 35.4. The number of carbonyl (C=O) groups is 1. The highest BCUT2D eigenvalue weighted by atomic mass is 31.2.